The number of sulfone groups is 1. The molecule has 0 aliphatic heterocycles. The first-order valence-electron chi connectivity index (χ1n) is 5.58. The van der Waals surface area contributed by atoms with Crippen LogP contribution in [0.25, 0.3) is 0 Å². The van der Waals surface area contributed by atoms with Crippen LogP contribution in [-0.2, 0) is 9.84 Å². The third-order valence-electron chi connectivity index (χ3n) is 2.30. The molecule has 0 spiro atoms. The van der Waals surface area contributed by atoms with E-state index in [0.29, 0.717) is 19.4 Å². The Kier molecular flexibility index (Phi) is 5.44. The van der Waals surface area contributed by atoms with Crippen LogP contribution in [0.1, 0.15) is 12.8 Å². The molecule has 0 radical (unpaired) electrons. The Morgan fingerprint density at radius 1 is 1.29 bits per heavy atom. The highest BCUT2D eigenvalue weighted by molar-refractivity contribution is 7.90. The van der Waals surface area contributed by atoms with Crippen molar-refractivity contribution >= 4 is 9.84 Å². The summed E-state index contributed by atoms with van der Waals surface area (Å²) in [5.74, 6) is 0.970. The third kappa shape index (κ3) is 6.97. The summed E-state index contributed by atoms with van der Waals surface area (Å²) in [6, 6.07) is 9.30. The molecule has 1 unspecified atom stereocenters. The first-order chi connectivity index (χ1) is 7.97. The molecule has 0 bridgehead atoms. The number of hydrogen-bond donors (Lipinski definition) is 1. The summed E-state index contributed by atoms with van der Waals surface area (Å²) in [6.45, 7) is 0.410. The van der Waals surface area contributed by atoms with Crippen molar-refractivity contribution in [3.63, 3.8) is 0 Å². The van der Waals surface area contributed by atoms with E-state index in [2.05, 4.69) is 0 Å². The number of nitrogens with two attached hydrogens (primary N) is 1. The second kappa shape index (κ2) is 6.61. The molecule has 1 rings (SSSR count). The molecule has 2 N–H and O–H groups in total. The highest BCUT2D eigenvalue weighted by atomic mass is 32.2. The Balaban J connectivity index is 2.20. The van der Waals surface area contributed by atoms with Crippen molar-refractivity contribution in [1.82, 2.24) is 0 Å². The average molecular weight is 257 g/mol. The van der Waals surface area contributed by atoms with Crippen molar-refractivity contribution in [1.29, 1.82) is 0 Å². The van der Waals surface area contributed by atoms with Crippen LogP contribution in [0.5, 0.6) is 5.75 Å². The zero-order valence-corrected chi connectivity index (χ0v) is 10.8. The van der Waals surface area contributed by atoms with Crippen LogP contribution < -0.4 is 10.5 Å². The molecule has 5 heteroatoms. The second-order valence-electron chi connectivity index (χ2n) is 4.16. The molecular formula is C12H19NO3S. The van der Waals surface area contributed by atoms with Crippen molar-refractivity contribution in [2.75, 3.05) is 18.6 Å². The Hall–Kier alpha value is -1.07. The molecule has 0 heterocycles. The van der Waals surface area contributed by atoms with Gasteiger partial charge in [0.05, 0.1) is 0 Å². The van der Waals surface area contributed by atoms with Crippen LogP contribution in [0, 0.1) is 0 Å². The van der Waals surface area contributed by atoms with E-state index in [1.165, 1.54) is 6.26 Å². The molecule has 17 heavy (non-hydrogen) atoms. The number of benzene rings is 1. The molecule has 0 fully saturated rings. The van der Waals surface area contributed by atoms with Crippen LogP contribution in [0.2, 0.25) is 0 Å². The van der Waals surface area contributed by atoms with Gasteiger partial charge in [-0.05, 0) is 25.0 Å². The van der Waals surface area contributed by atoms with E-state index in [-0.39, 0.29) is 11.8 Å². The highest BCUT2D eigenvalue weighted by Crippen LogP contribution is 2.09. The zero-order valence-electron chi connectivity index (χ0n) is 10.0. The molecule has 0 amide bonds. The van der Waals surface area contributed by atoms with Crippen molar-refractivity contribution in [2.45, 2.75) is 18.9 Å². The predicted molar refractivity (Wildman–Crippen MR) is 68.9 cm³/mol. The van der Waals surface area contributed by atoms with Gasteiger partial charge >= 0.3 is 0 Å². The van der Waals surface area contributed by atoms with Gasteiger partial charge in [0.1, 0.15) is 22.2 Å². The largest absolute Gasteiger partial charge is 0.492 e. The maximum Gasteiger partial charge on any atom is 0.147 e. The minimum Gasteiger partial charge on any atom is -0.492 e. The number of para-hydroxylation sites is 1. The Morgan fingerprint density at radius 2 is 1.94 bits per heavy atom. The Bertz CT molecular complexity index is 417. The SMILES string of the molecule is CS(=O)(=O)CCCC(N)COc1ccccc1. The fourth-order valence-corrected chi connectivity index (χ4v) is 2.10. The number of rotatable bonds is 7. The molecule has 1 aromatic carbocycles. The fraction of sp³-hybridized carbons (Fsp3) is 0.500. The van der Waals surface area contributed by atoms with Gasteiger partial charge in [0.2, 0.25) is 0 Å². The lowest BCUT2D eigenvalue weighted by atomic mass is 10.2. The third-order valence-corrected chi connectivity index (χ3v) is 3.33. The smallest absolute Gasteiger partial charge is 0.147 e. The zero-order chi connectivity index (χ0) is 12.7. The molecule has 1 aromatic rings. The van der Waals surface area contributed by atoms with Gasteiger partial charge in [0.25, 0.3) is 0 Å². The summed E-state index contributed by atoms with van der Waals surface area (Å²) in [7, 11) is -2.88. The summed E-state index contributed by atoms with van der Waals surface area (Å²) in [5.41, 5.74) is 5.83. The number of hydrogen-bond acceptors (Lipinski definition) is 4. The minimum atomic E-state index is -2.88. The summed E-state index contributed by atoms with van der Waals surface area (Å²) in [6.07, 6.45) is 2.47. The Morgan fingerprint density at radius 3 is 2.53 bits per heavy atom. The van der Waals surface area contributed by atoms with Crippen LogP contribution in [0.4, 0.5) is 0 Å². The first kappa shape index (κ1) is 14.0. The van der Waals surface area contributed by atoms with E-state index in [1.807, 2.05) is 30.3 Å². The van der Waals surface area contributed by atoms with Gasteiger partial charge in [-0.1, -0.05) is 18.2 Å². The van der Waals surface area contributed by atoms with Gasteiger partial charge in [0, 0.05) is 18.1 Å². The van der Waals surface area contributed by atoms with Gasteiger partial charge in [-0.3, -0.25) is 0 Å². The molecule has 0 aliphatic rings. The molecule has 0 saturated heterocycles. The van der Waals surface area contributed by atoms with Crippen LogP contribution in [0.3, 0.4) is 0 Å². The van der Waals surface area contributed by atoms with Gasteiger partial charge in [0.15, 0.2) is 0 Å². The first-order valence-corrected chi connectivity index (χ1v) is 7.64. The molecule has 96 valence electrons. The van der Waals surface area contributed by atoms with Crippen LogP contribution in [0.15, 0.2) is 30.3 Å². The molecular weight excluding hydrogens is 238 g/mol. The molecule has 1 atom stereocenters. The normalized spacial score (nSPS) is 13.3. The highest BCUT2D eigenvalue weighted by Gasteiger charge is 2.07. The van der Waals surface area contributed by atoms with Crippen LogP contribution in [-0.4, -0.2) is 33.1 Å². The minimum absolute atomic E-state index is 0.128. The van der Waals surface area contributed by atoms with E-state index < -0.39 is 9.84 Å². The monoisotopic (exact) mass is 257 g/mol. The number of ether oxygens (including phenoxy) is 1. The van der Waals surface area contributed by atoms with Gasteiger partial charge in [-0.15, -0.1) is 0 Å². The standard InChI is InChI=1S/C12H19NO3S/c1-17(14,15)9-5-6-11(13)10-16-12-7-3-2-4-8-12/h2-4,7-8,11H,5-6,9-10,13H2,1H3. The van der Waals surface area contributed by atoms with E-state index in [1.54, 1.807) is 0 Å². The summed E-state index contributed by atoms with van der Waals surface area (Å²) < 4.78 is 27.3. The van der Waals surface area contributed by atoms with Crippen LogP contribution >= 0.6 is 0 Å². The quantitative estimate of drug-likeness (QED) is 0.797. The topological polar surface area (TPSA) is 69.4 Å². The van der Waals surface area contributed by atoms with Gasteiger partial charge in [-0.25, -0.2) is 8.42 Å². The maximum atomic E-state index is 10.9. The van der Waals surface area contributed by atoms with Crippen molar-refractivity contribution in [2.24, 2.45) is 5.73 Å². The van der Waals surface area contributed by atoms with E-state index in [4.69, 9.17) is 10.5 Å². The lowest BCUT2D eigenvalue weighted by molar-refractivity contribution is 0.281. The Labute approximate surface area is 103 Å². The van der Waals surface area contributed by atoms with E-state index in [9.17, 15) is 8.42 Å². The van der Waals surface area contributed by atoms with Crippen molar-refractivity contribution < 1.29 is 13.2 Å². The van der Waals surface area contributed by atoms with Crippen molar-refractivity contribution in [3.05, 3.63) is 30.3 Å². The lowest BCUT2D eigenvalue weighted by Crippen LogP contribution is -2.28. The average Bonchev–Trinajstić information content (AvgIpc) is 2.26. The van der Waals surface area contributed by atoms with Crippen molar-refractivity contribution in [3.8, 4) is 5.75 Å². The second-order valence-corrected chi connectivity index (χ2v) is 6.42. The van der Waals surface area contributed by atoms with E-state index >= 15 is 0 Å². The molecule has 0 aromatic heterocycles. The molecule has 0 saturated carbocycles. The van der Waals surface area contributed by atoms with Gasteiger partial charge < -0.3 is 10.5 Å². The maximum absolute atomic E-state index is 10.9. The lowest BCUT2D eigenvalue weighted by Gasteiger charge is -2.12. The predicted octanol–water partition coefficient (Wildman–Crippen LogP) is 1.22. The molecule has 0 aliphatic carbocycles. The summed E-state index contributed by atoms with van der Waals surface area (Å²) >= 11 is 0. The molecule has 4 nitrogen and oxygen atoms in total. The van der Waals surface area contributed by atoms with E-state index in [0.717, 1.165) is 5.75 Å². The summed E-state index contributed by atoms with van der Waals surface area (Å²) in [4.78, 5) is 0. The van der Waals surface area contributed by atoms with Gasteiger partial charge in [-0.2, -0.15) is 0 Å². The fourth-order valence-electron chi connectivity index (χ4n) is 1.41. The summed E-state index contributed by atoms with van der Waals surface area (Å²) in [5, 5.41) is 0.